The SMILES string of the molecule is CB(O)NC[C@H](OS(C)(=O)=O)[C@H]1COC(C)(C)O1. The van der Waals surface area contributed by atoms with Crippen molar-refractivity contribution in [1.29, 1.82) is 0 Å². The zero-order chi connectivity index (χ0) is 14.0. The molecular formula is C9H20BNO6S. The van der Waals surface area contributed by atoms with E-state index in [1.165, 1.54) is 6.82 Å². The fourth-order valence-electron chi connectivity index (χ4n) is 1.64. The summed E-state index contributed by atoms with van der Waals surface area (Å²) in [6.07, 6.45) is -0.263. The standard InChI is InChI=1S/C9H20BNO6S/c1-9(2)15-6-8(16-9)7(5-11-10(3)12)17-18(4,13)14/h7-8,11-12H,5-6H2,1-4H3/t7-,8+/m0/s1. The molecule has 1 rings (SSSR count). The van der Waals surface area contributed by atoms with Crippen LogP contribution in [0.2, 0.25) is 6.82 Å². The van der Waals surface area contributed by atoms with E-state index in [4.69, 9.17) is 18.7 Å². The molecule has 0 aliphatic carbocycles. The molecule has 1 heterocycles. The van der Waals surface area contributed by atoms with Crippen LogP contribution < -0.4 is 5.23 Å². The molecule has 2 N–H and O–H groups in total. The van der Waals surface area contributed by atoms with E-state index in [0.29, 0.717) is 0 Å². The molecule has 1 aliphatic rings. The molecule has 2 atom stereocenters. The van der Waals surface area contributed by atoms with E-state index < -0.39 is 35.2 Å². The van der Waals surface area contributed by atoms with E-state index in [2.05, 4.69) is 5.23 Å². The van der Waals surface area contributed by atoms with Crippen LogP contribution in [0.25, 0.3) is 0 Å². The third-order valence-electron chi connectivity index (χ3n) is 2.36. The molecule has 0 saturated carbocycles. The van der Waals surface area contributed by atoms with Crippen LogP contribution >= 0.6 is 0 Å². The average molecular weight is 281 g/mol. The molecule has 0 bridgehead atoms. The van der Waals surface area contributed by atoms with Crippen molar-refractivity contribution in [3.8, 4) is 0 Å². The minimum Gasteiger partial charge on any atom is -0.437 e. The van der Waals surface area contributed by atoms with Gasteiger partial charge in [0.25, 0.3) is 10.1 Å². The topological polar surface area (TPSA) is 94.1 Å². The van der Waals surface area contributed by atoms with Crippen LogP contribution in [0.15, 0.2) is 0 Å². The van der Waals surface area contributed by atoms with E-state index in [0.717, 1.165) is 6.26 Å². The molecule has 9 heteroatoms. The molecule has 0 amide bonds. The van der Waals surface area contributed by atoms with E-state index in [9.17, 15) is 8.42 Å². The molecule has 0 aromatic rings. The third kappa shape index (κ3) is 5.64. The Hall–Kier alpha value is -0.185. The number of ether oxygens (including phenoxy) is 2. The lowest BCUT2D eigenvalue weighted by molar-refractivity contribution is -0.148. The average Bonchev–Trinajstić information content (AvgIpc) is 2.51. The summed E-state index contributed by atoms with van der Waals surface area (Å²) in [5.41, 5.74) is 0. The summed E-state index contributed by atoms with van der Waals surface area (Å²) in [5.74, 6) is -0.755. The van der Waals surface area contributed by atoms with Gasteiger partial charge in [-0.05, 0) is 20.7 Å². The van der Waals surface area contributed by atoms with Crippen LogP contribution in [0.5, 0.6) is 0 Å². The Morgan fingerprint density at radius 1 is 1.61 bits per heavy atom. The zero-order valence-corrected chi connectivity index (χ0v) is 11.9. The Labute approximate surface area is 108 Å². The molecule has 0 spiro atoms. The van der Waals surface area contributed by atoms with Gasteiger partial charge in [0.2, 0.25) is 0 Å². The molecule has 1 fully saturated rings. The van der Waals surface area contributed by atoms with Crippen LogP contribution in [-0.4, -0.2) is 57.9 Å². The Morgan fingerprint density at radius 2 is 2.22 bits per heavy atom. The van der Waals surface area contributed by atoms with E-state index in [-0.39, 0.29) is 13.2 Å². The minimum atomic E-state index is -3.60. The van der Waals surface area contributed by atoms with Crippen molar-refractivity contribution in [2.75, 3.05) is 19.4 Å². The highest BCUT2D eigenvalue weighted by Gasteiger charge is 2.39. The third-order valence-corrected chi connectivity index (χ3v) is 2.95. The van der Waals surface area contributed by atoms with Crippen LogP contribution in [-0.2, 0) is 23.8 Å². The Morgan fingerprint density at radius 3 is 2.61 bits per heavy atom. The summed E-state index contributed by atoms with van der Waals surface area (Å²) < 4.78 is 38.3. The number of rotatable bonds is 6. The van der Waals surface area contributed by atoms with Gasteiger partial charge in [-0.2, -0.15) is 8.42 Å². The molecule has 0 unspecified atom stereocenters. The lowest BCUT2D eigenvalue weighted by Gasteiger charge is -2.24. The monoisotopic (exact) mass is 281 g/mol. The van der Waals surface area contributed by atoms with Gasteiger partial charge in [-0.25, -0.2) is 0 Å². The highest BCUT2D eigenvalue weighted by Crippen LogP contribution is 2.25. The van der Waals surface area contributed by atoms with E-state index in [1.807, 2.05) is 0 Å². The molecule has 0 aromatic carbocycles. The first-order chi connectivity index (χ1) is 8.09. The summed E-state index contributed by atoms with van der Waals surface area (Å²) in [7, 11) is -4.36. The lowest BCUT2D eigenvalue weighted by Crippen LogP contribution is -2.45. The van der Waals surface area contributed by atoms with Gasteiger partial charge in [-0.3, -0.25) is 4.18 Å². The first-order valence-electron chi connectivity index (χ1n) is 5.70. The van der Waals surface area contributed by atoms with Gasteiger partial charge in [0, 0.05) is 6.54 Å². The summed E-state index contributed by atoms with van der Waals surface area (Å²) in [6, 6.07) is 0. The van der Waals surface area contributed by atoms with Crippen LogP contribution in [0.4, 0.5) is 0 Å². The van der Waals surface area contributed by atoms with Crippen LogP contribution in [0, 0.1) is 0 Å². The van der Waals surface area contributed by atoms with Crippen molar-refractivity contribution in [2.24, 2.45) is 0 Å². The molecule has 7 nitrogen and oxygen atoms in total. The maximum atomic E-state index is 11.2. The summed E-state index contributed by atoms with van der Waals surface area (Å²) in [5, 5.41) is 11.9. The highest BCUT2D eigenvalue weighted by molar-refractivity contribution is 7.86. The molecule has 0 radical (unpaired) electrons. The van der Waals surface area contributed by atoms with E-state index >= 15 is 0 Å². The fourth-order valence-corrected chi connectivity index (χ4v) is 2.28. The number of hydrogen-bond acceptors (Lipinski definition) is 7. The van der Waals surface area contributed by atoms with Crippen molar-refractivity contribution in [2.45, 2.75) is 38.7 Å². The maximum Gasteiger partial charge on any atom is 0.373 e. The van der Waals surface area contributed by atoms with Gasteiger partial charge in [-0.1, -0.05) is 0 Å². The molecule has 106 valence electrons. The second-order valence-electron chi connectivity index (χ2n) is 4.79. The Balaban J connectivity index is 2.65. The first-order valence-corrected chi connectivity index (χ1v) is 7.52. The van der Waals surface area contributed by atoms with Crippen molar-refractivity contribution in [1.82, 2.24) is 5.23 Å². The summed E-state index contributed by atoms with van der Waals surface area (Å²) in [6.45, 7) is 5.41. The predicted molar refractivity (Wildman–Crippen MR) is 66.5 cm³/mol. The van der Waals surface area contributed by atoms with Crippen molar-refractivity contribution >= 4 is 17.2 Å². The predicted octanol–water partition coefficient (Wildman–Crippen LogP) is -0.817. The second-order valence-corrected chi connectivity index (χ2v) is 6.39. The minimum absolute atomic E-state index is 0.148. The second kappa shape index (κ2) is 5.85. The van der Waals surface area contributed by atoms with Crippen molar-refractivity contribution in [3.05, 3.63) is 0 Å². The molecule has 18 heavy (non-hydrogen) atoms. The van der Waals surface area contributed by atoms with Gasteiger partial charge in [0.05, 0.1) is 12.9 Å². The Bertz CT molecular complexity index is 371. The normalized spacial score (nSPS) is 25.1. The van der Waals surface area contributed by atoms with Crippen molar-refractivity contribution in [3.63, 3.8) is 0 Å². The molecular weight excluding hydrogens is 261 g/mol. The van der Waals surface area contributed by atoms with Gasteiger partial charge in [0.1, 0.15) is 12.2 Å². The van der Waals surface area contributed by atoms with Gasteiger partial charge in [0.15, 0.2) is 5.79 Å². The fraction of sp³-hybridized carbons (Fsp3) is 1.00. The lowest BCUT2D eigenvalue weighted by atomic mass is 9.88. The molecule has 1 aliphatic heterocycles. The van der Waals surface area contributed by atoms with Gasteiger partial charge >= 0.3 is 7.05 Å². The summed E-state index contributed by atoms with van der Waals surface area (Å²) in [4.78, 5) is 0. The largest absolute Gasteiger partial charge is 0.437 e. The Kier molecular flexibility index (Phi) is 5.16. The van der Waals surface area contributed by atoms with Gasteiger partial charge < -0.3 is 19.7 Å². The smallest absolute Gasteiger partial charge is 0.373 e. The quantitative estimate of drug-likeness (QED) is 0.485. The van der Waals surface area contributed by atoms with Crippen molar-refractivity contribution < 1.29 is 27.1 Å². The molecule has 1 saturated heterocycles. The zero-order valence-electron chi connectivity index (χ0n) is 11.0. The number of nitrogens with one attached hydrogen (secondary N) is 1. The van der Waals surface area contributed by atoms with E-state index in [1.54, 1.807) is 13.8 Å². The molecule has 0 aromatic heterocycles. The first kappa shape index (κ1) is 15.9. The summed E-state index contributed by atoms with van der Waals surface area (Å²) >= 11 is 0. The van der Waals surface area contributed by atoms with Crippen LogP contribution in [0.3, 0.4) is 0 Å². The number of hydrogen-bond donors (Lipinski definition) is 2. The van der Waals surface area contributed by atoms with Crippen LogP contribution in [0.1, 0.15) is 13.8 Å². The van der Waals surface area contributed by atoms with Gasteiger partial charge in [-0.15, -0.1) is 0 Å². The maximum absolute atomic E-state index is 11.2. The highest BCUT2D eigenvalue weighted by atomic mass is 32.2.